The molecule has 4 N–H and O–H groups in total. The molecule has 1 aliphatic heterocycles. The number of aliphatic hydroxyl groups is 1. The molecule has 2 aromatic rings. The lowest BCUT2D eigenvalue weighted by Gasteiger charge is -2.25. The molecule has 11 heteroatoms. The maximum Gasteiger partial charge on any atom is 0.412 e. The van der Waals surface area contributed by atoms with E-state index in [1.54, 1.807) is 42.5 Å². The van der Waals surface area contributed by atoms with Gasteiger partial charge in [-0.3, -0.25) is 15.3 Å². The molecule has 2 atom stereocenters. The van der Waals surface area contributed by atoms with Crippen LogP contribution in [0.3, 0.4) is 0 Å². The Morgan fingerprint density at radius 1 is 1.18 bits per heavy atom. The van der Waals surface area contributed by atoms with Gasteiger partial charge in [-0.25, -0.2) is 10.3 Å². The molecule has 176 valence electrons. The molecule has 0 saturated carbocycles. The average molecular weight is 460 g/mol. The Bertz CT molecular complexity index is 996. The van der Waals surface area contributed by atoms with Crippen molar-refractivity contribution >= 4 is 17.7 Å². The SMILES string of the molecule is CO[C@H](/C=C/C(=O)NO)[C@H](OC(=O)Nc1ccc2c(c1)OCO2)c1cccc(OCCO)c1. The van der Waals surface area contributed by atoms with E-state index in [0.717, 1.165) is 6.08 Å². The first kappa shape index (κ1) is 23.9. The predicted octanol–water partition coefficient (Wildman–Crippen LogP) is 2.15. The summed E-state index contributed by atoms with van der Waals surface area (Å²) in [6.45, 7) is 0.0227. The molecule has 0 aliphatic carbocycles. The van der Waals surface area contributed by atoms with Crippen LogP contribution in [0.5, 0.6) is 17.2 Å². The number of methoxy groups -OCH3 is 1. The topological polar surface area (TPSA) is 145 Å². The van der Waals surface area contributed by atoms with Crippen LogP contribution in [-0.2, 0) is 14.3 Å². The highest BCUT2D eigenvalue weighted by molar-refractivity contribution is 5.87. The van der Waals surface area contributed by atoms with E-state index in [9.17, 15) is 9.59 Å². The molecule has 0 spiro atoms. The van der Waals surface area contributed by atoms with Gasteiger partial charge in [0.25, 0.3) is 5.91 Å². The Hall–Kier alpha value is -3.80. The van der Waals surface area contributed by atoms with Crippen LogP contribution in [0, 0.1) is 0 Å². The minimum absolute atomic E-state index is 0.0872. The minimum atomic E-state index is -0.996. The zero-order valence-corrected chi connectivity index (χ0v) is 17.7. The number of ether oxygens (including phenoxy) is 5. The molecule has 0 aromatic heterocycles. The first-order valence-corrected chi connectivity index (χ1v) is 9.90. The first-order chi connectivity index (χ1) is 16.0. The van der Waals surface area contributed by atoms with Crippen molar-refractivity contribution in [1.29, 1.82) is 0 Å². The Labute approximate surface area is 189 Å². The molecule has 0 bridgehead atoms. The molecular weight excluding hydrogens is 436 g/mol. The molecular formula is C22H24N2O9. The molecule has 2 amide bonds. The summed E-state index contributed by atoms with van der Waals surface area (Å²) < 4.78 is 27.1. The highest BCUT2D eigenvalue weighted by Gasteiger charge is 2.27. The minimum Gasteiger partial charge on any atom is -0.491 e. The third-order valence-corrected chi connectivity index (χ3v) is 4.52. The summed E-state index contributed by atoms with van der Waals surface area (Å²) in [5, 5.41) is 20.3. The summed E-state index contributed by atoms with van der Waals surface area (Å²) in [5.74, 6) is 0.725. The zero-order valence-electron chi connectivity index (χ0n) is 17.7. The van der Waals surface area contributed by atoms with E-state index in [4.69, 9.17) is 34.0 Å². The zero-order chi connectivity index (χ0) is 23.6. The Balaban J connectivity index is 1.81. The van der Waals surface area contributed by atoms with Crippen molar-refractivity contribution < 1.29 is 43.6 Å². The van der Waals surface area contributed by atoms with Crippen LogP contribution < -0.4 is 25.0 Å². The van der Waals surface area contributed by atoms with Gasteiger partial charge in [0.1, 0.15) is 18.5 Å². The van der Waals surface area contributed by atoms with Gasteiger partial charge in [0.15, 0.2) is 17.6 Å². The van der Waals surface area contributed by atoms with Gasteiger partial charge >= 0.3 is 6.09 Å². The second-order valence-corrected chi connectivity index (χ2v) is 6.70. The summed E-state index contributed by atoms with van der Waals surface area (Å²) in [6, 6.07) is 11.6. The fourth-order valence-electron chi connectivity index (χ4n) is 3.03. The van der Waals surface area contributed by atoms with Crippen molar-refractivity contribution in [1.82, 2.24) is 5.48 Å². The lowest BCUT2D eigenvalue weighted by molar-refractivity contribution is -0.124. The monoisotopic (exact) mass is 460 g/mol. The van der Waals surface area contributed by atoms with Crippen molar-refractivity contribution in [3.8, 4) is 17.2 Å². The molecule has 11 nitrogen and oxygen atoms in total. The fraction of sp³-hybridized carbons (Fsp3) is 0.273. The van der Waals surface area contributed by atoms with Crippen molar-refractivity contribution in [3.05, 3.63) is 60.2 Å². The highest BCUT2D eigenvalue weighted by Crippen LogP contribution is 2.34. The number of carbonyl (C=O) groups excluding carboxylic acids is 2. The number of hydroxylamine groups is 1. The van der Waals surface area contributed by atoms with E-state index in [-0.39, 0.29) is 20.0 Å². The number of hydrogen-bond acceptors (Lipinski definition) is 9. The summed E-state index contributed by atoms with van der Waals surface area (Å²) in [5.41, 5.74) is 2.41. The van der Waals surface area contributed by atoms with E-state index in [2.05, 4.69) is 5.32 Å². The van der Waals surface area contributed by atoms with Crippen LogP contribution >= 0.6 is 0 Å². The van der Waals surface area contributed by atoms with Crippen molar-refractivity contribution in [2.45, 2.75) is 12.2 Å². The smallest absolute Gasteiger partial charge is 0.412 e. The summed E-state index contributed by atoms with van der Waals surface area (Å²) in [6.07, 6.45) is -0.289. The van der Waals surface area contributed by atoms with Crippen molar-refractivity contribution in [2.75, 3.05) is 32.4 Å². The molecule has 0 unspecified atom stereocenters. The number of rotatable bonds is 10. The number of anilines is 1. The van der Waals surface area contributed by atoms with E-state index in [1.165, 1.54) is 18.7 Å². The summed E-state index contributed by atoms with van der Waals surface area (Å²) in [4.78, 5) is 24.1. The molecule has 0 saturated heterocycles. The number of aliphatic hydroxyl groups excluding tert-OH is 1. The molecule has 1 aliphatic rings. The van der Waals surface area contributed by atoms with E-state index in [1.807, 2.05) is 0 Å². The number of benzene rings is 2. The van der Waals surface area contributed by atoms with Gasteiger partial charge in [0.2, 0.25) is 6.79 Å². The van der Waals surface area contributed by atoms with E-state index >= 15 is 0 Å². The molecule has 0 fully saturated rings. The molecule has 3 rings (SSSR count). The van der Waals surface area contributed by atoms with Crippen LogP contribution in [0.25, 0.3) is 0 Å². The van der Waals surface area contributed by atoms with Crippen LogP contribution in [0.4, 0.5) is 10.5 Å². The maximum absolute atomic E-state index is 12.7. The largest absolute Gasteiger partial charge is 0.491 e. The van der Waals surface area contributed by atoms with Crippen molar-refractivity contribution in [3.63, 3.8) is 0 Å². The van der Waals surface area contributed by atoms with Gasteiger partial charge in [-0.05, 0) is 35.9 Å². The third kappa shape index (κ3) is 6.59. The molecule has 33 heavy (non-hydrogen) atoms. The summed E-state index contributed by atoms with van der Waals surface area (Å²) in [7, 11) is 1.38. The Morgan fingerprint density at radius 2 is 2.00 bits per heavy atom. The summed E-state index contributed by atoms with van der Waals surface area (Å²) >= 11 is 0. The number of carbonyl (C=O) groups is 2. The van der Waals surface area contributed by atoms with Gasteiger partial charge in [0, 0.05) is 24.9 Å². The van der Waals surface area contributed by atoms with Crippen LogP contribution in [0.1, 0.15) is 11.7 Å². The lowest BCUT2D eigenvalue weighted by Crippen LogP contribution is -2.27. The number of fused-ring (bicyclic) bond motifs is 1. The van der Waals surface area contributed by atoms with Gasteiger partial charge in [-0.15, -0.1) is 0 Å². The highest BCUT2D eigenvalue weighted by atomic mass is 16.7. The predicted molar refractivity (Wildman–Crippen MR) is 114 cm³/mol. The first-order valence-electron chi connectivity index (χ1n) is 9.90. The van der Waals surface area contributed by atoms with E-state index < -0.39 is 24.2 Å². The van der Waals surface area contributed by atoms with Crippen LogP contribution in [0.15, 0.2) is 54.6 Å². The second kappa shape index (κ2) is 11.7. The second-order valence-electron chi connectivity index (χ2n) is 6.70. The average Bonchev–Trinajstić information content (AvgIpc) is 3.30. The molecule has 0 radical (unpaired) electrons. The standard InChI is InChI=1S/C22H24N2O9/c1-29-18(7-8-20(26)24-28)21(14-3-2-4-16(11-14)30-10-9-25)33-22(27)23-15-5-6-17-19(12-15)32-13-31-17/h2-8,11-12,18,21,25,28H,9-10,13H2,1H3,(H,23,27)(H,24,26)/b8-7+/t18-,21-/m1/s1. The van der Waals surface area contributed by atoms with Crippen molar-refractivity contribution in [2.24, 2.45) is 0 Å². The number of nitrogens with one attached hydrogen (secondary N) is 2. The normalized spacial score (nSPS) is 13.9. The van der Waals surface area contributed by atoms with Gasteiger partial charge < -0.3 is 28.8 Å². The third-order valence-electron chi connectivity index (χ3n) is 4.52. The van der Waals surface area contributed by atoms with Gasteiger partial charge in [-0.1, -0.05) is 12.1 Å². The Morgan fingerprint density at radius 3 is 2.76 bits per heavy atom. The maximum atomic E-state index is 12.7. The van der Waals surface area contributed by atoms with Crippen LogP contribution in [0.2, 0.25) is 0 Å². The fourth-order valence-corrected chi connectivity index (χ4v) is 3.03. The molecule has 1 heterocycles. The Kier molecular flexibility index (Phi) is 8.47. The lowest BCUT2D eigenvalue weighted by atomic mass is 10.0. The van der Waals surface area contributed by atoms with Gasteiger partial charge in [0.05, 0.1) is 6.61 Å². The molecule has 2 aromatic carbocycles. The quantitative estimate of drug-likeness (QED) is 0.238. The van der Waals surface area contributed by atoms with E-state index in [0.29, 0.717) is 28.5 Å². The van der Waals surface area contributed by atoms with Crippen LogP contribution in [-0.4, -0.2) is 55.5 Å². The number of amides is 2. The number of hydrogen-bond donors (Lipinski definition) is 4. The van der Waals surface area contributed by atoms with Gasteiger partial charge in [-0.2, -0.15) is 0 Å².